The van der Waals surface area contributed by atoms with Gasteiger partial charge in [0.25, 0.3) is 5.89 Å². The van der Waals surface area contributed by atoms with Gasteiger partial charge in [0.15, 0.2) is 11.6 Å². The van der Waals surface area contributed by atoms with Gasteiger partial charge in [0.05, 0.1) is 0 Å². The van der Waals surface area contributed by atoms with Gasteiger partial charge in [-0.05, 0) is 56.7 Å². The predicted octanol–water partition coefficient (Wildman–Crippen LogP) is 5.61. The topological polar surface area (TPSA) is 107 Å². The van der Waals surface area contributed by atoms with E-state index >= 15 is 0 Å². The number of rotatable bonds is 10. The van der Waals surface area contributed by atoms with Crippen LogP contribution in [0.5, 0.6) is 0 Å². The number of carbonyl (C=O) groups excluding carboxylic acids is 1. The van der Waals surface area contributed by atoms with Crippen LogP contribution in [-0.4, -0.2) is 45.9 Å². The standard InChI is InChI=1S/C28H36FN5O4/c1-28(2,3)27-30-23(37-33-27)7-5-4-6-12-34(26(35)19-10-13-36-14-11-19)22-16-20(15-21(29)17-22)25-31-24(32-38-25)18-8-9-18/h15-19H,4-14H2,1-3H3. The van der Waals surface area contributed by atoms with Crippen molar-refractivity contribution in [2.24, 2.45) is 5.92 Å². The molecule has 1 saturated heterocycles. The van der Waals surface area contributed by atoms with Crippen LogP contribution in [0.4, 0.5) is 10.1 Å². The molecule has 2 fully saturated rings. The summed E-state index contributed by atoms with van der Waals surface area (Å²) in [5.41, 5.74) is 0.835. The lowest BCUT2D eigenvalue weighted by Crippen LogP contribution is -2.39. The van der Waals surface area contributed by atoms with E-state index in [1.807, 2.05) is 20.8 Å². The number of hydrogen-bond donors (Lipinski definition) is 0. The summed E-state index contributed by atoms with van der Waals surface area (Å²) >= 11 is 0. The quantitative estimate of drug-likeness (QED) is 0.315. The van der Waals surface area contributed by atoms with Crippen LogP contribution < -0.4 is 4.90 Å². The number of nitrogens with zero attached hydrogens (tertiary/aromatic N) is 5. The molecule has 1 aliphatic carbocycles. The number of halogens is 1. The molecular weight excluding hydrogens is 489 g/mol. The molecule has 38 heavy (non-hydrogen) atoms. The number of benzene rings is 1. The molecule has 9 nitrogen and oxygen atoms in total. The number of aryl methyl sites for hydroxylation is 1. The van der Waals surface area contributed by atoms with Crippen LogP contribution in [0.1, 0.15) is 89.2 Å². The molecule has 0 unspecified atom stereocenters. The minimum absolute atomic E-state index is 0.000712. The van der Waals surface area contributed by atoms with E-state index in [9.17, 15) is 9.18 Å². The predicted molar refractivity (Wildman–Crippen MR) is 138 cm³/mol. The van der Waals surface area contributed by atoms with E-state index in [0.717, 1.165) is 32.1 Å². The lowest BCUT2D eigenvalue weighted by atomic mass is 9.96. The van der Waals surface area contributed by atoms with Gasteiger partial charge in [-0.2, -0.15) is 9.97 Å². The first-order chi connectivity index (χ1) is 18.3. The molecule has 1 saturated carbocycles. The van der Waals surface area contributed by atoms with Gasteiger partial charge in [-0.1, -0.05) is 37.5 Å². The minimum atomic E-state index is -0.445. The van der Waals surface area contributed by atoms with E-state index < -0.39 is 5.82 Å². The van der Waals surface area contributed by atoms with Crippen LogP contribution in [0.2, 0.25) is 0 Å². The molecule has 0 radical (unpaired) electrons. The summed E-state index contributed by atoms with van der Waals surface area (Å²) in [7, 11) is 0. The molecule has 2 aromatic heterocycles. The first-order valence-corrected chi connectivity index (χ1v) is 13.6. The average Bonchev–Trinajstić information content (AvgIpc) is 3.41. The molecule has 0 N–H and O–H groups in total. The molecule has 204 valence electrons. The first-order valence-electron chi connectivity index (χ1n) is 13.6. The highest BCUT2D eigenvalue weighted by atomic mass is 19.1. The Hall–Kier alpha value is -3.14. The van der Waals surface area contributed by atoms with Gasteiger partial charge in [-0.3, -0.25) is 4.79 Å². The fourth-order valence-electron chi connectivity index (χ4n) is 4.63. The van der Waals surface area contributed by atoms with Crippen molar-refractivity contribution in [2.75, 3.05) is 24.7 Å². The zero-order valence-corrected chi connectivity index (χ0v) is 22.4. The van der Waals surface area contributed by atoms with Crippen LogP contribution in [0.3, 0.4) is 0 Å². The Bertz CT molecular complexity index is 1240. The second-order valence-electron chi connectivity index (χ2n) is 11.4. The number of anilines is 1. The SMILES string of the molecule is CC(C)(C)c1noc(CCCCCN(C(=O)C2CCOCC2)c2cc(F)cc(-c3nc(C4CC4)no3)c2)n1. The molecule has 1 aliphatic heterocycles. The Morgan fingerprint density at radius 2 is 1.79 bits per heavy atom. The van der Waals surface area contributed by atoms with E-state index in [0.29, 0.717) is 73.7 Å². The van der Waals surface area contributed by atoms with Crippen molar-refractivity contribution in [3.63, 3.8) is 0 Å². The van der Waals surface area contributed by atoms with Crippen molar-refractivity contribution in [3.05, 3.63) is 41.6 Å². The summed E-state index contributed by atoms with van der Waals surface area (Å²) in [6.07, 6.45) is 6.58. The zero-order chi connectivity index (χ0) is 26.7. The largest absolute Gasteiger partial charge is 0.381 e. The Labute approximate surface area is 222 Å². The molecule has 10 heteroatoms. The highest BCUT2D eigenvalue weighted by Gasteiger charge is 2.30. The van der Waals surface area contributed by atoms with Crippen molar-refractivity contribution in [1.29, 1.82) is 0 Å². The number of hydrogen-bond acceptors (Lipinski definition) is 8. The average molecular weight is 526 g/mol. The smallest absolute Gasteiger partial charge is 0.258 e. The number of ether oxygens (including phenoxy) is 1. The molecule has 5 rings (SSSR count). The monoisotopic (exact) mass is 525 g/mol. The maximum atomic E-state index is 14.8. The summed E-state index contributed by atoms with van der Waals surface area (Å²) in [5, 5.41) is 8.14. The normalized spacial score (nSPS) is 16.6. The highest BCUT2D eigenvalue weighted by molar-refractivity contribution is 5.95. The van der Waals surface area contributed by atoms with Gasteiger partial charge in [0, 0.05) is 54.7 Å². The molecule has 0 bridgehead atoms. The van der Waals surface area contributed by atoms with Crippen molar-refractivity contribution in [2.45, 2.75) is 83.5 Å². The molecule has 3 heterocycles. The van der Waals surface area contributed by atoms with Crippen molar-refractivity contribution >= 4 is 11.6 Å². The second-order valence-corrected chi connectivity index (χ2v) is 11.4. The number of aromatic nitrogens is 4. The molecule has 1 aromatic carbocycles. The number of unbranched alkanes of at least 4 members (excludes halogenated alkanes) is 2. The molecule has 0 spiro atoms. The van der Waals surface area contributed by atoms with Gasteiger partial charge in [-0.25, -0.2) is 4.39 Å². The van der Waals surface area contributed by atoms with E-state index in [1.54, 1.807) is 11.0 Å². The van der Waals surface area contributed by atoms with Gasteiger partial charge >= 0.3 is 0 Å². The van der Waals surface area contributed by atoms with Crippen LogP contribution in [0.15, 0.2) is 27.2 Å². The Balaban J connectivity index is 1.27. The Morgan fingerprint density at radius 1 is 1.00 bits per heavy atom. The maximum Gasteiger partial charge on any atom is 0.258 e. The minimum Gasteiger partial charge on any atom is -0.381 e. The molecule has 0 atom stereocenters. The van der Waals surface area contributed by atoms with E-state index in [1.165, 1.54) is 12.1 Å². The van der Waals surface area contributed by atoms with Crippen molar-refractivity contribution < 1.29 is 23.0 Å². The van der Waals surface area contributed by atoms with Gasteiger partial charge in [-0.15, -0.1) is 0 Å². The summed E-state index contributed by atoms with van der Waals surface area (Å²) in [5.74, 6) is 2.02. The van der Waals surface area contributed by atoms with Crippen LogP contribution in [0, 0.1) is 11.7 Å². The van der Waals surface area contributed by atoms with Gasteiger partial charge in [0.1, 0.15) is 5.82 Å². The van der Waals surface area contributed by atoms with E-state index in [-0.39, 0.29) is 23.1 Å². The fraction of sp³-hybridized carbons (Fsp3) is 0.607. The summed E-state index contributed by atoms with van der Waals surface area (Å²) in [6, 6.07) is 4.56. The highest BCUT2D eigenvalue weighted by Crippen LogP contribution is 2.39. The third-order valence-corrected chi connectivity index (χ3v) is 7.07. The number of carbonyl (C=O) groups is 1. The lowest BCUT2D eigenvalue weighted by Gasteiger charge is -2.30. The lowest BCUT2D eigenvalue weighted by molar-refractivity contribution is -0.125. The maximum absolute atomic E-state index is 14.8. The second kappa shape index (κ2) is 11.3. The van der Waals surface area contributed by atoms with Crippen molar-refractivity contribution in [3.8, 4) is 11.5 Å². The summed E-state index contributed by atoms with van der Waals surface area (Å²) < 4.78 is 31.1. The van der Waals surface area contributed by atoms with Gasteiger partial charge < -0.3 is 18.7 Å². The zero-order valence-electron chi connectivity index (χ0n) is 22.4. The first kappa shape index (κ1) is 26.5. The molecule has 3 aromatic rings. The third kappa shape index (κ3) is 6.46. The summed E-state index contributed by atoms with van der Waals surface area (Å²) in [4.78, 5) is 24.3. The molecular formula is C28H36FN5O4. The summed E-state index contributed by atoms with van der Waals surface area (Å²) in [6.45, 7) is 7.75. The fourth-order valence-corrected chi connectivity index (χ4v) is 4.63. The van der Waals surface area contributed by atoms with Crippen LogP contribution in [-0.2, 0) is 21.4 Å². The van der Waals surface area contributed by atoms with E-state index in [4.69, 9.17) is 13.8 Å². The number of amides is 1. The van der Waals surface area contributed by atoms with Gasteiger partial charge in [0.2, 0.25) is 11.8 Å². The van der Waals surface area contributed by atoms with Crippen molar-refractivity contribution in [1.82, 2.24) is 20.3 Å². The third-order valence-electron chi connectivity index (χ3n) is 7.07. The molecule has 2 aliphatic rings. The van der Waals surface area contributed by atoms with Crippen LogP contribution >= 0.6 is 0 Å². The Morgan fingerprint density at radius 3 is 2.50 bits per heavy atom. The Kier molecular flexibility index (Phi) is 7.88. The van der Waals surface area contributed by atoms with E-state index in [2.05, 4.69) is 20.3 Å². The van der Waals surface area contributed by atoms with Crippen LogP contribution in [0.25, 0.3) is 11.5 Å². The molecule has 1 amide bonds.